The molecule has 1 aliphatic heterocycles. The number of hydrazine groups is 1. The van der Waals surface area contributed by atoms with Crippen molar-refractivity contribution in [2.24, 2.45) is 0 Å². The highest BCUT2D eigenvalue weighted by atomic mass is 35.5. The summed E-state index contributed by atoms with van der Waals surface area (Å²) < 4.78 is 4.72. The van der Waals surface area contributed by atoms with E-state index in [1.807, 2.05) is 13.8 Å². The van der Waals surface area contributed by atoms with E-state index in [0.29, 0.717) is 22.3 Å². The van der Waals surface area contributed by atoms with Crippen LogP contribution in [0.4, 0.5) is 5.69 Å². The molecule has 0 fully saturated rings. The highest BCUT2D eigenvalue weighted by Crippen LogP contribution is 2.25. The highest BCUT2D eigenvalue weighted by molar-refractivity contribution is 6.32. The first kappa shape index (κ1) is 20.3. The topological polar surface area (TPSA) is 70.7 Å². The minimum atomic E-state index is -0.544. The van der Waals surface area contributed by atoms with E-state index in [4.69, 9.17) is 27.9 Å². The number of nitrogens with one attached hydrogen (secondary N) is 2. The van der Waals surface area contributed by atoms with Crippen LogP contribution in [-0.2, 0) is 9.53 Å². The maximum absolute atomic E-state index is 12.1. The fourth-order valence-corrected chi connectivity index (χ4v) is 2.29. The molecule has 0 radical (unpaired) electrons. The molecular weight excluding hydrogens is 353 g/mol. The van der Waals surface area contributed by atoms with Crippen molar-refractivity contribution >= 4 is 40.8 Å². The summed E-state index contributed by atoms with van der Waals surface area (Å²) in [7, 11) is 1.28. The van der Waals surface area contributed by atoms with Gasteiger partial charge in [-0.1, -0.05) is 37.0 Å². The second-order valence-electron chi connectivity index (χ2n) is 4.73. The van der Waals surface area contributed by atoms with Crippen molar-refractivity contribution in [1.29, 1.82) is 0 Å². The van der Waals surface area contributed by atoms with E-state index in [1.165, 1.54) is 13.2 Å². The molecule has 132 valence electrons. The second kappa shape index (κ2) is 9.52. The molecule has 1 aromatic carbocycles. The number of carbonyl (C=O) groups is 2. The average Bonchev–Trinajstić information content (AvgIpc) is 2.96. The van der Waals surface area contributed by atoms with E-state index in [-0.39, 0.29) is 18.0 Å². The minimum absolute atomic E-state index is 0.0440. The molecule has 0 bridgehead atoms. The van der Waals surface area contributed by atoms with E-state index < -0.39 is 5.97 Å². The van der Waals surface area contributed by atoms with Gasteiger partial charge in [-0.25, -0.2) is 10.2 Å². The third-order valence-corrected chi connectivity index (χ3v) is 3.68. The quantitative estimate of drug-likeness (QED) is 0.792. The Balaban J connectivity index is 0.00000139. The lowest BCUT2D eigenvalue weighted by Crippen LogP contribution is -2.36. The molecule has 0 unspecified atom stereocenters. The number of nitrogens with zero attached hydrogens (tertiary/aromatic N) is 1. The number of carbonyl (C=O) groups excluding carboxylic acids is 2. The number of hydrogen-bond donors (Lipinski definition) is 2. The molecule has 6 nitrogen and oxygen atoms in total. The molecule has 0 spiro atoms. The van der Waals surface area contributed by atoms with Crippen LogP contribution < -0.4 is 10.7 Å². The van der Waals surface area contributed by atoms with Crippen LogP contribution in [0.25, 0.3) is 0 Å². The van der Waals surface area contributed by atoms with Crippen molar-refractivity contribution in [3.8, 4) is 0 Å². The van der Waals surface area contributed by atoms with Crippen LogP contribution in [0.1, 0.15) is 29.8 Å². The molecule has 0 aliphatic carbocycles. The highest BCUT2D eigenvalue weighted by Gasteiger charge is 2.18. The van der Waals surface area contributed by atoms with Gasteiger partial charge in [0.2, 0.25) is 5.91 Å². The smallest absolute Gasteiger partial charge is 0.339 e. The maximum Gasteiger partial charge on any atom is 0.339 e. The molecule has 8 heteroatoms. The van der Waals surface area contributed by atoms with Crippen LogP contribution in [0.3, 0.4) is 0 Å². The lowest BCUT2D eigenvalue weighted by atomic mass is 10.1. The molecular formula is C16H21Cl2N3O3. The van der Waals surface area contributed by atoms with E-state index in [9.17, 15) is 9.59 Å². The van der Waals surface area contributed by atoms with Gasteiger partial charge >= 0.3 is 5.97 Å². The Hall–Kier alpha value is -1.76. The number of aryl methyl sites for hydroxylation is 1. The van der Waals surface area contributed by atoms with E-state index >= 15 is 0 Å². The lowest BCUT2D eigenvalue weighted by molar-refractivity contribution is -0.117. The van der Waals surface area contributed by atoms with Gasteiger partial charge in [-0.15, -0.1) is 0 Å². The number of hydrogen-bond acceptors (Lipinski definition) is 5. The number of esters is 1. The van der Waals surface area contributed by atoms with Gasteiger partial charge in [0.15, 0.2) is 0 Å². The standard InChI is InChI=1S/C14H15Cl2N3O3.C2H6/c1-8-3-10(14(21)22-2)12(4-11(8)16)18-13(20)7-19-6-9(15)5-17-19;1-2/h3-4,6,17H,5,7H2,1-2H3,(H,18,20);1-2H3. The third-order valence-electron chi connectivity index (χ3n) is 3.04. The number of halogens is 2. The zero-order valence-corrected chi connectivity index (χ0v) is 15.6. The average molecular weight is 374 g/mol. The first-order valence-corrected chi connectivity index (χ1v) is 8.21. The summed E-state index contributed by atoms with van der Waals surface area (Å²) >= 11 is 11.9. The van der Waals surface area contributed by atoms with Crippen molar-refractivity contribution < 1.29 is 14.3 Å². The Morgan fingerprint density at radius 2 is 2.00 bits per heavy atom. The van der Waals surface area contributed by atoms with Crippen LogP contribution in [0.15, 0.2) is 23.4 Å². The zero-order chi connectivity index (χ0) is 18.3. The van der Waals surface area contributed by atoms with Crippen LogP contribution in [-0.4, -0.2) is 37.1 Å². The van der Waals surface area contributed by atoms with Crippen LogP contribution >= 0.6 is 23.2 Å². The summed E-state index contributed by atoms with van der Waals surface area (Å²) in [4.78, 5) is 23.9. The fraction of sp³-hybridized carbons (Fsp3) is 0.375. The normalized spacial score (nSPS) is 12.9. The van der Waals surface area contributed by atoms with E-state index in [0.717, 1.165) is 5.56 Å². The predicted molar refractivity (Wildman–Crippen MR) is 96.2 cm³/mol. The number of anilines is 1. The molecule has 1 aliphatic rings. The SMILES string of the molecule is CC.COC(=O)c1cc(C)c(Cl)cc1NC(=O)CN1C=C(Cl)CN1. The van der Waals surface area contributed by atoms with Gasteiger partial charge in [-0.3, -0.25) is 4.79 Å². The number of ether oxygens (including phenoxy) is 1. The monoisotopic (exact) mass is 373 g/mol. The molecule has 1 heterocycles. The predicted octanol–water partition coefficient (Wildman–Crippen LogP) is 3.30. The van der Waals surface area contributed by atoms with Gasteiger partial charge in [0, 0.05) is 11.2 Å². The lowest BCUT2D eigenvalue weighted by Gasteiger charge is -2.16. The van der Waals surface area contributed by atoms with Gasteiger partial charge in [0.25, 0.3) is 0 Å². The summed E-state index contributed by atoms with van der Waals surface area (Å²) in [6.45, 7) is 6.29. The fourth-order valence-electron chi connectivity index (χ4n) is 1.95. The van der Waals surface area contributed by atoms with Gasteiger partial charge in [0.05, 0.1) is 29.9 Å². The third kappa shape index (κ3) is 5.40. The molecule has 2 rings (SSSR count). The van der Waals surface area contributed by atoms with Crippen LogP contribution in [0.5, 0.6) is 0 Å². The maximum atomic E-state index is 12.1. The van der Waals surface area contributed by atoms with E-state index in [1.54, 1.807) is 24.2 Å². The summed E-state index contributed by atoms with van der Waals surface area (Å²) in [5.74, 6) is -0.863. The number of methoxy groups -OCH3 is 1. The molecule has 0 aromatic heterocycles. The van der Waals surface area contributed by atoms with Crippen LogP contribution in [0.2, 0.25) is 5.02 Å². The molecule has 0 saturated heterocycles. The number of rotatable bonds is 4. The Labute approximate surface area is 151 Å². The second-order valence-corrected chi connectivity index (χ2v) is 5.62. The van der Waals surface area contributed by atoms with Gasteiger partial charge < -0.3 is 15.1 Å². The van der Waals surface area contributed by atoms with Crippen molar-refractivity contribution in [1.82, 2.24) is 10.4 Å². The molecule has 1 aromatic rings. The first-order valence-electron chi connectivity index (χ1n) is 7.45. The largest absolute Gasteiger partial charge is 0.465 e. The molecule has 0 saturated carbocycles. The Bertz CT molecular complexity index is 648. The summed E-state index contributed by atoms with van der Waals surface area (Å²) in [6.07, 6.45) is 1.63. The van der Waals surface area contributed by atoms with Gasteiger partial charge in [-0.2, -0.15) is 0 Å². The van der Waals surface area contributed by atoms with Crippen molar-refractivity contribution in [3.05, 3.63) is 39.5 Å². The molecule has 1 amide bonds. The summed E-state index contributed by atoms with van der Waals surface area (Å²) in [5, 5.41) is 5.28. The molecule has 2 N–H and O–H groups in total. The number of benzene rings is 1. The van der Waals surface area contributed by atoms with Crippen molar-refractivity contribution in [2.75, 3.05) is 25.5 Å². The summed E-state index contributed by atoms with van der Waals surface area (Å²) in [5.41, 5.74) is 4.20. The van der Waals surface area contributed by atoms with Crippen LogP contribution in [0, 0.1) is 6.92 Å². The molecule has 0 atom stereocenters. The van der Waals surface area contributed by atoms with E-state index in [2.05, 4.69) is 10.7 Å². The molecule has 24 heavy (non-hydrogen) atoms. The van der Waals surface area contributed by atoms with Gasteiger partial charge in [0.1, 0.15) is 6.54 Å². The Kier molecular flexibility index (Phi) is 8.04. The summed E-state index contributed by atoms with van der Waals surface area (Å²) in [6, 6.07) is 3.11. The Morgan fingerprint density at radius 3 is 2.54 bits per heavy atom. The first-order chi connectivity index (χ1) is 11.4. The zero-order valence-electron chi connectivity index (χ0n) is 14.1. The minimum Gasteiger partial charge on any atom is -0.465 e. The van der Waals surface area contributed by atoms with Crippen molar-refractivity contribution in [2.45, 2.75) is 20.8 Å². The number of amides is 1. The van der Waals surface area contributed by atoms with Gasteiger partial charge in [-0.05, 0) is 24.6 Å². The van der Waals surface area contributed by atoms with Crippen molar-refractivity contribution in [3.63, 3.8) is 0 Å². The Morgan fingerprint density at radius 1 is 1.33 bits per heavy atom.